The highest BCUT2D eigenvalue weighted by atomic mass is 16.4. The first-order valence-electron chi connectivity index (χ1n) is 6.65. The van der Waals surface area contributed by atoms with Gasteiger partial charge < -0.3 is 10.8 Å². The number of hydrogen-bond acceptors (Lipinski definition) is 2. The van der Waals surface area contributed by atoms with Gasteiger partial charge in [-0.05, 0) is 35.4 Å². The van der Waals surface area contributed by atoms with E-state index >= 15 is 0 Å². The van der Waals surface area contributed by atoms with Crippen LogP contribution in [0.1, 0.15) is 52.7 Å². The van der Waals surface area contributed by atoms with Crippen LogP contribution >= 0.6 is 0 Å². The number of nitrogens with two attached hydrogens (primary N) is 1. The van der Waals surface area contributed by atoms with Crippen molar-refractivity contribution in [1.29, 1.82) is 0 Å². The number of aliphatic carboxylic acids is 1. The van der Waals surface area contributed by atoms with Gasteiger partial charge in [-0.1, -0.05) is 46.8 Å². The molecule has 0 fully saturated rings. The first-order valence-corrected chi connectivity index (χ1v) is 6.65. The fourth-order valence-corrected chi connectivity index (χ4v) is 2.15. The minimum Gasteiger partial charge on any atom is -0.481 e. The van der Waals surface area contributed by atoms with Crippen LogP contribution < -0.4 is 5.73 Å². The van der Waals surface area contributed by atoms with E-state index in [0.29, 0.717) is 11.3 Å². The second-order valence-electron chi connectivity index (χ2n) is 6.71. The first-order chi connectivity index (χ1) is 8.51. The number of rotatable bonds is 3. The Labute approximate surface area is 115 Å². The van der Waals surface area contributed by atoms with Crippen molar-refractivity contribution in [2.24, 2.45) is 5.92 Å². The average molecular weight is 263 g/mol. The van der Waals surface area contributed by atoms with E-state index in [1.807, 2.05) is 32.0 Å². The number of carboxylic acid groups (broad SMARTS) is 1. The summed E-state index contributed by atoms with van der Waals surface area (Å²) in [6.45, 7) is 11.9. The Morgan fingerprint density at radius 2 is 1.74 bits per heavy atom. The predicted octanol–water partition coefficient (Wildman–Crippen LogP) is 3.56. The minimum atomic E-state index is -0.967. The fraction of sp³-hybridized carbons (Fsp3) is 0.562. The quantitative estimate of drug-likeness (QED) is 0.819. The third-order valence-electron chi connectivity index (χ3n) is 4.08. The molecule has 19 heavy (non-hydrogen) atoms. The van der Waals surface area contributed by atoms with Gasteiger partial charge in [-0.15, -0.1) is 0 Å². The lowest BCUT2D eigenvalue weighted by Gasteiger charge is -2.32. The second-order valence-corrected chi connectivity index (χ2v) is 6.71. The van der Waals surface area contributed by atoms with Crippen molar-refractivity contribution in [2.45, 2.75) is 52.4 Å². The van der Waals surface area contributed by atoms with E-state index in [-0.39, 0.29) is 11.3 Å². The molecule has 1 unspecified atom stereocenters. The van der Waals surface area contributed by atoms with E-state index in [1.54, 1.807) is 6.92 Å². The van der Waals surface area contributed by atoms with Crippen LogP contribution in [0.4, 0.5) is 5.69 Å². The summed E-state index contributed by atoms with van der Waals surface area (Å²) in [5.41, 5.74) is 7.40. The van der Waals surface area contributed by atoms with Gasteiger partial charge in [0.25, 0.3) is 0 Å². The summed E-state index contributed by atoms with van der Waals surface area (Å²) >= 11 is 0. The largest absolute Gasteiger partial charge is 0.481 e. The zero-order chi connectivity index (χ0) is 15.0. The van der Waals surface area contributed by atoms with Crippen molar-refractivity contribution in [1.82, 2.24) is 0 Å². The topological polar surface area (TPSA) is 63.3 Å². The normalized spacial score (nSPS) is 15.3. The lowest BCUT2D eigenvalue weighted by molar-refractivity contribution is -0.144. The molecule has 0 spiro atoms. The number of anilines is 1. The van der Waals surface area contributed by atoms with Crippen LogP contribution in [0, 0.1) is 5.92 Å². The number of hydrogen-bond donors (Lipinski definition) is 2. The van der Waals surface area contributed by atoms with Crippen LogP contribution in [0.2, 0.25) is 0 Å². The van der Waals surface area contributed by atoms with Crippen molar-refractivity contribution in [3.8, 4) is 0 Å². The Morgan fingerprint density at radius 3 is 2.11 bits per heavy atom. The molecule has 0 saturated heterocycles. The summed E-state index contributed by atoms with van der Waals surface area (Å²) in [4.78, 5) is 11.7. The van der Waals surface area contributed by atoms with Gasteiger partial charge in [0.15, 0.2) is 0 Å². The first kappa shape index (κ1) is 15.5. The predicted molar refractivity (Wildman–Crippen MR) is 79.4 cm³/mol. The summed E-state index contributed by atoms with van der Waals surface area (Å²) in [6, 6.07) is 5.74. The molecular weight excluding hydrogens is 238 g/mol. The summed E-state index contributed by atoms with van der Waals surface area (Å²) in [6.07, 6.45) is 0. The molecule has 1 atom stereocenters. The molecule has 1 aromatic carbocycles. The Balaban J connectivity index is 3.52. The Hall–Kier alpha value is -1.51. The van der Waals surface area contributed by atoms with Crippen LogP contribution in [0.15, 0.2) is 18.2 Å². The third-order valence-corrected chi connectivity index (χ3v) is 4.08. The van der Waals surface area contributed by atoms with Crippen molar-refractivity contribution in [3.63, 3.8) is 0 Å². The molecule has 0 bridgehead atoms. The molecule has 0 radical (unpaired) electrons. The van der Waals surface area contributed by atoms with Crippen molar-refractivity contribution in [3.05, 3.63) is 29.3 Å². The van der Waals surface area contributed by atoms with Crippen molar-refractivity contribution < 1.29 is 9.90 Å². The van der Waals surface area contributed by atoms with Crippen LogP contribution in [0.5, 0.6) is 0 Å². The van der Waals surface area contributed by atoms with Gasteiger partial charge in [-0.25, -0.2) is 0 Å². The molecule has 0 aliphatic carbocycles. The van der Waals surface area contributed by atoms with Crippen LogP contribution in [-0.4, -0.2) is 11.1 Å². The Morgan fingerprint density at radius 1 is 1.21 bits per heavy atom. The number of carboxylic acids is 1. The van der Waals surface area contributed by atoms with Gasteiger partial charge in [0.2, 0.25) is 0 Å². The van der Waals surface area contributed by atoms with Gasteiger partial charge in [0.1, 0.15) is 0 Å². The van der Waals surface area contributed by atoms with Crippen LogP contribution in [0.25, 0.3) is 0 Å². The van der Waals surface area contributed by atoms with Gasteiger partial charge in [0, 0.05) is 5.69 Å². The zero-order valence-corrected chi connectivity index (χ0v) is 12.7. The maximum atomic E-state index is 11.7. The Kier molecular flexibility index (Phi) is 3.99. The van der Waals surface area contributed by atoms with E-state index in [2.05, 4.69) is 20.8 Å². The molecule has 3 nitrogen and oxygen atoms in total. The van der Waals surface area contributed by atoms with Gasteiger partial charge in [-0.3, -0.25) is 4.79 Å². The highest BCUT2D eigenvalue weighted by Gasteiger charge is 2.40. The number of benzene rings is 1. The van der Waals surface area contributed by atoms with E-state index in [0.717, 1.165) is 5.56 Å². The monoisotopic (exact) mass is 263 g/mol. The number of carbonyl (C=O) groups is 1. The summed E-state index contributed by atoms with van der Waals surface area (Å²) in [5, 5.41) is 9.62. The van der Waals surface area contributed by atoms with Crippen molar-refractivity contribution in [2.75, 3.05) is 5.73 Å². The maximum absolute atomic E-state index is 11.7. The van der Waals surface area contributed by atoms with Gasteiger partial charge in [-0.2, -0.15) is 0 Å². The highest BCUT2D eigenvalue weighted by Crippen LogP contribution is 2.38. The van der Waals surface area contributed by atoms with Gasteiger partial charge in [0.05, 0.1) is 5.41 Å². The second kappa shape index (κ2) is 4.87. The molecule has 0 saturated carbocycles. The lowest BCUT2D eigenvalue weighted by Crippen LogP contribution is -2.38. The minimum absolute atomic E-state index is 0.0289. The molecular formula is C16H25NO2. The molecule has 0 heterocycles. The molecule has 1 aromatic rings. The standard InChI is InChI=1S/C16H25NO2/c1-10(2)16(6,14(18)19)12-9-11(15(3,4)5)7-8-13(12)17/h7-10H,17H2,1-6H3,(H,18,19). The van der Waals surface area contributed by atoms with Gasteiger partial charge >= 0.3 is 5.97 Å². The van der Waals surface area contributed by atoms with Crippen LogP contribution in [0.3, 0.4) is 0 Å². The summed E-state index contributed by atoms with van der Waals surface area (Å²) < 4.78 is 0. The van der Waals surface area contributed by atoms with E-state index in [9.17, 15) is 9.90 Å². The van der Waals surface area contributed by atoms with Crippen LogP contribution in [-0.2, 0) is 15.6 Å². The lowest BCUT2D eigenvalue weighted by atomic mass is 9.71. The molecule has 0 aliphatic rings. The fourth-order valence-electron chi connectivity index (χ4n) is 2.15. The zero-order valence-electron chi connectivity index (χ0n) is 12.7. The van der Waals surface area contributed by atoms with E-state index < -0.39 is 11.4 Å². The maximum Gasteiger partial charge on any atom is 0.314 e. The third kappa shape index (κ3) is 2.75. The van der Waals surface area contributed by atoms with E-state index in [4.69, 9.17) is 5.73 Å². The van der Waals surface area contributed by atoms with E-state index in [1.165, 1.54) is 0 Å². The SMILES string of the molecule is CC(C)C(C)(C(=O)O)c1cc(C(C)(C)C)ccc1N. The molecule has 106 valence electrons. The summed E-state index contributed by atoms with van der Waals surface area (Å²) in [5.74, 6) is -0.872. The molecule has 3 N–H and O–H groups in total. The smallest absolute Gasteiger partial charge is 0.314 e. The molecule has 1 rings (SSSR count). The summed E-state index contributed by atoms with van der Waals surface area (Å²) in [7, 11) is 0. The Bertz CT molecular complexity index is 486. The number of nitrogen functional groups attached to an aromatic ring is 1. The molecule has 0 aromatic heterocycles. The highest BCUT2D eigenvalue weighted by molar-refractivity contribution is 5.83. The average Bonchev–Trinajstić information content (AvgIpc) is 2.26. The molecule has 0 aliphatic heterocycles. The molecule has 0 amide bonds. The van der Waals surface area contributed by atoms with Crippen molar-refractivity contribution >= 4 is 11.7 Å². The molecule has 3 heteroatoms.